The molecule has 0 aliphatic heterocycles. The largest absolute Gasteiger partial charge is 0.466 e. The minimum absolute atomic E-state index is 0.227. The predicted molar refractivity (Wildman–Crippen MR) is 61.1 cm³/mol. The van der Waals surface area contributed by atoms with Crippen molar-refractivity contribution in [2.24, 2.45) is 5.84 Å². The molecule has 1 rings (SSSR count). The lowest BCUT2D eigenvalue weighted by Crippen LogP contribution is -2.30. The molecule has 0 saturated carbocycles. The van der Waals surface area contributed by atoms with Gasteiger partial charge in [-0.1, -0.05) is 6.92 Å². The number of amides is 1. The number of ether oxygens (including phenoxy) is 2. The quantitative estimate of drug-likeness (QED) is 0.305. The molecule has 1 amide bonds. The maximum absolute atomic E-state index is 11.3. The Balaban J connectivity index is 2.27. The average Bonchev–Trinajstić information content (AvgIpc) is 2.81. The highest BCUT2D eigenvalue weighted by Gasteiger charge is 2.13. The fourth-order valence-electron chi connectivity index (χ4n) is 1.26. The van der Waals surface area contributed by atoms with E-state index in [0.29, 0.717) is 24.5 Å². The van der Waals surface area contributed by atoms with Crippen LogP contribution in [0.2, 0.25) is 0 Å². The van der Waals surface area contributed by atoms with Crippen molar-refractivity contribution in [3.05, 3.63) is 23.7 Å². The summed E-state index contributed by atoms with van der Waals surface area (Å²) < 4.78 is 15.7. The van der Waals surface area contributed by atoms with Gasteiger partial charge in [-0.25, -0.2) is 5.84 Å². The van der Waals surface area contributed by atoms with Gasteiger partial charge in [0.1, 0.15) is 12.4 Å². The lowest BCUT2D eigenvalue weighted by atomic mass is 10.2. The lowest BCUT2D eigenvalue weighted by Gasteiger charge is -2.04. The standard InChI is InChI=1S/C11H18N2O4/c1-2-4-15-6-7-16-8-10-9(3-5-17-10)11(14)13-12/h3,5H,2,4,6-8,12H2,1H3,(H,13,14). The van der Waals surface area contributed by atoms with Crippen molar-refractivity contribution in [3.8, 4) is 0 Å². The maximum Gasteiger partial charge on any atom is 0.268 e. The number of carbonyl (C=O) groups excluding carboxylic acids is 1. The molecule has 0 atom stereocenters. The second kappa shape index (κ2) is 7.83. The number of hydrogen-bond donors (Lipinski definition) is 2. The first-order valence-corrected chi connectivity index (χ1v) is 5.52. The first kappa shape index (κ1) is 13.7. The minimum Gasteiger partial charge on any atom is -0.466 e. The summed E-state index contributed by atoms with van der Waals surface area (Å²) in [7, 11) is 0. The van der Waals surface area contributed by atoms with Gasteiger partial charge in [-0.15, -0.1) is 0 Å². The maximum atomic E-state index is 11.3. The second-order valence-corrected chi connectivity index (χ2v) is 3.40. The fraction of sp³-hybridized carbons (Fsp3) is 0.545. The second-order valence-electron chi connectivity index (χ2n) is 3.40. The van der Waals surface area contributed by atoms with E-state index in [1.807, 2.05) is 12.3 Å². The van der Waals surface area contributed by atoms with Crippen LogP contribution in [0.15, 0.2) is 16.7 Å². The Morgan fingerprint density at radius 3 is 2.88 bits per heavy atom. The molecule has 6 heteroatoms. The summed E-state index contributed by atoms with van der Waals surface area (Å²) in [5, 5.41) is 0. The van der Waals surface area contributed by atoms with Gasteiger partial charge in [0.05, 0.1) is 25.0 Å². The highest BCUT2D eigenvalue weighted by Crippen LogP contribution is 2.11. The van der Waals surface area contributed by atoms with Crippen molar-refractivity contribution in [2.75, 3.05) is 19.8 Å². The van der Waals surface area contributed by atoms with Gasteiger partial charge < -0.3 is 13.9 Å². The number of furan rings is 1. The Hall–Kier alpha value is -1.37. The molecule has 1 heterocycles. The third kappa shape index (κ3) is 4.56. The summed E-state index contributed by atoms with van der Waals surface area (Å²) in [5.41, 5.74) is 2.44. The highest BCUT2D eigenvalue weighted by molar-refractivity contribution is 5.94. The van der Waals surface area contributed by atoms with Gasteiger partial charge in [0.25, 0.3) is 5.91 Å². The van der Waals surface area contributed by atoms with E-state index >= 15 is 0 Å². The summed E-state index contributed by atoms with van der Waals surface area (Å²) in [6.07, 6.45) is 2.41. The molecule has 0 unspecified atom stereocenters. The molecule has 0 aromatic carbocycles. The molecular formula is C11H18N2O4. The summed E-state index contributed by atoms with van der Waals surface area (Å²) in [6, 6.07) is 1.55. The zero-order chi connectivity index (χ0) is 12.5. The molecule has 0 fully saturated rings. The molecule has 0 aliphatic rings. The van der Waals surface area contributed by atoms with E-state index in [-0.39, 0.29) is 12.5 Å². The van der Waals surface area contributed by atoms with Crippen LogP contribution in [-0.4, -0.2) is 25.7 Å². The fourth-order valence-corrected chi connectivity index (χ4v) is 1.26. The van der Waals surface area contributed by atoms with Gasteiger partial charge in [0.15, 0.2) is 0 Å². The summed E-state index contributed by atoms with van der Waals surface area (Å²) >= 11 is 0. The van der Waals surface area contributed by atoms with Gasteiger partial charge in [-0.3, -0.25) is 10.2 Å². The van der Waals surface area contributed by atoms with Crippen LogP contribution in [0, 0.1) is 0 Å². The first-order valence-electron chi connectivity index (χ1n) is 5.52. The van der Waals surface area contributed by atoms with E-state index in [1.54, 1.807) is 6.07 Å². The number of rotatable bonds is 8. The lowest BCUT2D eigenvalue weighted by molar-refractivity contribution is 0.0346. The molecule has 0 bridgehead atoms. The SMILES string of the molecule is CCCOCCOCc1occc1C(=O)NN. The van der Waals surface area contributed by atoms with E-state index in [0.717, 1.165) is 13.0 Å². The van der Waals surface area contributed by atoms with Crippen LogP contribution in [0.25, 0.3) is 0 Å². The number of nitrogen functional groups attached to an aromatic ring is 1. The predicted octanol–water partition coefficient (Wildman–Crippen LogP) is 0.826. The molecule has 3 N–H and O–H groups in total. The Kier molecular flexibility index (Phi) is 6.31. The molecule has 0 saturated heterocycles. The Labute approximate surface area is 100 Å². The van der Waals surface area contributed by atoms with E-state index < -0.39 is 0 Å². The molecule has 0 spiro atoms. The van der Waals surface area contributed by atoms with Gasteiger partial charge >= 0.3 is 0 Å². The Morgan fingerprint density at radius 1 is 1.41 bits per heavy atom. The van der Waals surface area contributed by atoms with Gasteiger partial charge in [-0.2, -0.15) is 0 Å². The molecule has 96 valence electrons. The Morgan fingerprint density at radius 2 is 2.18 bits per heavy atom. The highest BCUT2D eigenvalue weighted by atomic mass is 16.5. The average molecular weight is 242 g/mol. The minimum atomic E-state index is -0.389. The third-order valence-corrected chi connectivity index (χ3v) is 2.07. The summed E-state index contributed by atoms with van der Waals surface area (Å²) in [5.74, 6) is 5.11. The normalized spacial score (nSPS) is 10.5. The topological polar surface area (TPSA) is 86.7 Å². The van der Waals surface area contributed by atoms with Crippen LogP contribution in [0.1, 0.15) is 29.5 Å². The van der Waals surface area contributed by atoms with Crippen LogP contribution in [0.3, 0.4) is 0 Å². The monoisotopic (exact) mass is 242 g/mol. The molecule has 6 nitrogen and oxygen atoms in total. The van der Waals surface area contributed by atoms with Crippen LogP contribution in [-0.2, 0) is 16.1 Å². The van der Waals surface area contributed by atoms with E-state index in [9.17, 15) is 4.79 Å². The number of hydrazine groups is 1. The van der Waals surface area contributed by atoms with Crippen LogP contribution in [0.4, 0.5) is 0 Å². The van der Waals surface area contributed by atoms with Crippen LogP contribution >= 0.6 is 0 Å². The van der Waals surface area contributed by atoms with Crippen molar-refractivity contribution >= 4 is 5.91 Å². The number of nitrogens with one attached hydrogen (secondary N) is 1. The Bertz CT molecular complexity index is 338. The van der Waals surface area contributed by atoms with Crippen molar-refractivity contribution in [1.82, 2.24) is 5.43 Å². The third-order valence-electron chi connectivity index (χ3n) is 2.07. The molecule has 1 aromatic heterocycles. The molecular weight excluding hydrogens is 224 g/mol. The van der Waals surface area contributed by atoms with Crippen molar-refractivity contribution in [1.29, 1.82) is 0 Å². The zero-order valence-corrected chi connectivity index (χ0v) is 9.90. The van der Waals surface area contributed by atoms with Crippen molar-refractivity contribution in [3.63, 3.8) is 0 Å². The molecule has 0 radical (unpaired) electrons. The summed E-state index contributed by atoms with van der Waals surface area (Å²) in [4.78, 5) is 11.3. The molecule has 0 aliphatic carbocycles. The smallest absolute Gasteiger partial charge is 0.268 e. The number of hydrogen-bond acceptors (Lipinski definition) is 5. The van der Waals surface area contributed by atoms with Gasteiger partial charge in [-0.05, 0) is 12.5 Å². The molecule has 17 heavy (non-hydrogen) atoms. The number of nitrogens with two attached hydrogens (primary N) is 1. The molecule has 1 aromatic rings. The van der Waals surface area contributed by atoms with Crippen molar-refractivity contribution in [2.45, 2.75) is 20.0 Å². The van der Waals surface area contributed by atoms with Gasteiger partial charge in [0.2, 0.25) is 0 Å². The van der Waals surface area contributed by atoms with Gasteiger partial charge in [0, 0.05) is 6.61 Å². The van der Waals surface area contributed by atoms with Crippen LogP contribution in [0.5, 0.6) is 0 Å². The van der Waals surface area contributed by atoms with Crippen LogP contribution < -0.4 is 11.3 Å². The van der Waals surface area contributed by atoms with Crippen molar-refractivity contribution < 1.29 is 18.7 Å². The first-order chi connectivity index (χ1) is 8.29. The van der Waals surface area contributed by atoms with E-state index in [2.05, 4.69) is 0 Å². The van der Waals surface area contributed by atoms with E-state index in [4.69, 9.17) is 19.7 Å². The number of carbonyl (C=O) groups is 1. The summed E-state index contributed by atoms with van der Waals surface area (Å²) in [6.45, 7) is 3.99. The van der Waals surface area contributed by atoms with E-state index in [1.165, 1.54) is 6.26 Å². The zero-order valence-electron chi connectivity index (χ0n) is 9.90.